The first kappa shape index (κ1) is 11.4. The van der Waals surface area contributed by atoms with Crippen molar-refractivity contribution in [2.75, 3.05) is 6.61 Å². The fourth-order valence-corrected chi connectivity index (χ4v) is 1.89. The van der Waals surface area contributed by atoms with E-state index in [2.05, 4.69) is 44.2 Å². The lowest BCUT2D eigenvalue weighted by atomic mass is 10.0. The first-order valence-electron chi connectivity index (χ1n) is 5.86. The first-order chi connectivity index (χ1) is 7.81. The van der Waals surface area contributed by atoms with Crippen molar-refractivity contribution >= 4 is 6.08 Å². The normalized spacial score (nSPS) is 20.8. The van der Waals surface area contributed by atoms with Crippen molar-refractivity contribution < 1.29 is 9.78 Å². The second-order valence-corrected chi connectivity index (χ2v) is 4.12. The molecule has 0 saturated carbocycles. The van der Waals surface area contributed by atoms with Crippen LogP contribution in [-0.2, 0) is 9.78 Å². The molecule has 0 N–H and O–H groups in total. The van der Waals surface area contributed by atoms with Gasteiger partial charge in [-0.3, -0.25) is 0 Å². The van der Waals surface area contributed by atoms with Gasteiger partial charge in [0.2, 0.25) is 0 Å². The van der Waals surface area contributed by atoms with Crippen LogP contribution >= 0.6 is 0 Å². The third-order valence-electron chi connectivity index (χ3n) is 2.85. The molecule has 86 valence electrons. The number of rotatable bonds is 3. The number of hydrogen-bond donors (Lipinski definition) is 0. The van der Waals surface area contributed by atoms with Crippen LogP contribution in [0.1, 0.15) is 42.6 Å². The molecule has 0 radical (unpaired) electrons. The zero-order valence-corrected chi connectivity index (χ0v) is 9.90. The Hall–Kier alpha value is -1.12. The maximum atomic E-state index is 5.20. The van der Waals surface area contributed by atoms with Crippen molar-refractivity contribution in [3.05, 3.63) is 41.0 Å². The van der Waals surface area contributed by atoms with E-state index in [1.165, 1.54) is 16.7 Å². The molecule has 1 aromatic carbocycles. The van der Waals surface area contributed by atoms with Crippen LogP contribution in [0, 0.1) is 6.92 Å². The van der Waals surface area contributed by atoms with Crippen molar-refractivity contribution in [1.29, 1.82) is 0 Å². The van der Waals surface area contributed by atoms with E-state index in [4.69, 9.17) is 9.78 Å². The third kappa shape index (κ3) is 2.52. The molecule has 1 aliphatic rings. The summed E-state index contributed by atoms with van der Waals surface area (Å²) >= 11 is 0. The van der Waals surface area contributed by atoms with Gasteiger partial charge in [-0.1, -0.05) is 37.3 Å². The molecule has 1 heterocycles. The SMILES string of the molecule is CC/C=C\c1ccc(C2CCOO2)cc1C. The predicted molar refractivity (Wildman–Crippen MR) is 64.9 cm³/mol. The lowest BCUT2D eigenvalue weighted by molar-refractivity contribution is -0.276. The zero-order chi connectivity index (χ0) is 11.4. The molecule has 16 heavy (non-hydrogen) atoms. The van der Waals surface area contributed by atoms with E-state index in [0.717, 1.165) is 12.8 Å². The Morgan fingerprint density at radius 3 is 2.94 bits per heavy atom. The van der Waals surface area contributed by atoms with Gasteiger partial charge < -0.3 is 0 Å². The fraction of sp³-hybridized carbons (Fsp3) is 0.429. The van der Waals surface area contributed by atoms with Gasteiger partial charge >= 0.3 is 0 Å². The topological polar surface area (TPSA) is 18.5 Å². The van der Waals surface area contributed by atoms with Gasteiger partial charge in [-0.25, -0.2) is 9.78 Å². The summed E-state index contributed by atoms with van der Waals surface area (Å²) in [6.45, 7) is 4.97. The summed E-state index contributed by atoms with van der Waals surface area (Å²) in [4.78, 5) is 10.1. The minimum atomic E-state index is 0.114. The summed E-state index contributed by atoms with van der Waals surface area (Å²) < 4.78 is 0. The average molecular weight is 218 g/mol. The Kier molecular flexibility index (Phi) is 3.75. The number of hydrogen-bond acceptors (Lipinski definition) is 2. The van der Waals surface area contributed by atoms with E-state index in [1.54, 1.807) is 0 Å². The van der Waals surface area contributed by atoms with Crippen molar-refractivity contribution in [3.63, 3.8) is 0 Å². The van der Waals surface area contributed by atoms with Crippen LogP contribution in [0.3, 0.4) is 0 Å². The molecule has 1 atom stereocenters. The van der Waals surface area contributed by atoms with Gasteiger partial charge in [-0.05, 0) is 30.0 Å². The summed E-state index contributed by atoms with van der Waals surface area (Å²) in [6.07, 6.45) is 6.48. The van der Waals surface area contributed by atoms with Crippen LogP contribution in [0.5, 0.6) is 0 Å². The Morgan fingerprint density at radius 1 is 1.44 bits per heavy atom. The Balaban J connectivity index is 2.18. The molecule has 2 rings (SSSR count). The molecule has 1 unspecified atom stereocenters. The summed E-state index contributed by atoms with van der Waals surface area (Å²) in [6, 6.07) is 6.47. The summed E-state index contributed by atoms with van der Waals surface area (Å²) in [5.74, 6) is 0. The Labute approximate surface area is 96.8 Å². The number of allylic oxidation sites excluding steroid dienone is 1. The van der Waals surface area contributed by atoms with Crippen molar-refractivity contribution in [1.82, 2.24) is 0 Å². The van der Waals surface area contributed by atoms with Crippen LogP contribution in [-0.4, -0.2) is 6.61 Å². The maximum absolute atomic E-state index is 5.20. The maximum Gasteiger partial charge on any atom is 0.120 e. The standard InChI is InChI=1S/C14H18O2/c1-3-4-5-12-6-7-13(10-11(12)2)14-8-9-15-16-14/h4-7,10,14H,3,8-9H2,1-2H3/b5-4-. The minimum absolute atomic E-state index is 0.114. The largest absolute Gasteiger partial charge is 0.236 e. The van der Waals surface area contributed by atoms with E-state index in [0.29, 0.717) is 6.61 Å². The minimum Gasteiger partial charge on any atom is -0.236 e. The van der Waals surface area contributed by atoms with Gasteiger partial charge in [0.1, 0.15) is 6.10 Å². The summed E-state index contributed by atoms with van der Waals surface area (Å²) in [5, 5.41) is 0. The van der Waals surface area contributed by atoms with Gasteiger partial charge in [0, 0.05) is 6.42 Å². The number of benzene rings is 1. The van der Waals surface area contributed by atoms with Crippen molar-refractivity contribution in [2.24, 2.45) is 0 Å². The van der Waals surface area contributed by atoms with Gasteiger partial charge in [0.05, 0.1) is 6.61 Å². The quantitative estimate of drug-likeness (QED) is 0.718. The average Bonchev–Trinajstić information content (AvgIpc) is 2.81. The predicted octanol–water partition coefficient (Wildman–Crippen LogP) is 3.81. The van der Waals surface area contributed by atoms with Crippen LogP contribution in [0.25, 0.3) is 6.08 Å². The van der Waals surface area contributed by atoms with E-state index in [1.807, 2.05) is 0 Å². The first-order valence-corrected chi connectivity index (χ1v) is 5.86. The van der Waals surface area contributed by atoms with Crippen LogP contribution < -0.4 is 0 Å². The lowest BCUT2D eigenvalue weighted by Crippen LogP contribution is -1.96. The molecule has 1 aromatic rings. The monoisotopic (exact) mass is 218 g/mol. The van der Waals surface area contributed by atoms with Crippen LogP contribution in [0.2, 0.25) is 0 Å². The molecular weight excluding hydrogens is 200 g/mol. The zero-order valence-electron chi connectivity index (χ0n) is 9.90. The fourth-order valence-electron chi connectivity index (χ4n) is 1.89. The highest BCUT2D eigenvalue weighted by atomic mass is 17.2. The Bertz CT molecular complexity index is 376. The summed E-state index contributed by atoms with van der Waals surface area (Å²) in [7, 11) is 0. The molecule has 0 bridgehead atoms. The van der Waals surface area contributed by atoms with E-state index in [9.17, 15) is 0 Å². The molecule has 0 aliphatic carbocycles. The van der Waals surface area contributed by atoms with Gasteiger partial charge in [-0.2, -0.15) is 0 Å². The summed E-state index contributed by atoms with van der Waals surface area (Å²) in [5.41, 5.74) is 3.78. The second kappa shape index (κ2) is 5.28. The highest BCUT2D eigenvalue weighted by Gasteiger charge is 2.19. The molecule has 2 nitrogen and oxygen atoms in total. The van der Waals surface area contributed by atoms with Crippen LogP contribution in [0.15, 0.2) is 24.3 Å². The van der Waals surface area contributed by atoms with E-state index < -0.39 is 0 Å². The van der Waals surface area contributed by atoms with Gasteiger partial charge in [0.15, 0.2) is 0 Å². The van der Waals surface area contributed by atoms with Crippen molar-refractivity contribution in [3.8, 4) is 0 Å². The molecule has 0 spiro atoms. The molecule has 1 saturated heterocycles. The smallest absolute Gasteiger partial charge is 0.120 e. The molecule has 1 aliphatic heterocycles. The van der Waals surface area contributed by atoms with E-state index in [-0.39, 0.29) is 6.10 Å². The number of aryl methyl sites for hydroxylation is 1. The lowest BCUT2D eigenvalue weighted by Gasteiger charge is -2.09. The molecule has 0 aromatic heterocycles. The molecular formula is C14H18O2. The molecule has 2 heteroatoms. The van der Waals surface area contributed by atoms with Crippen LogP contribution in [0.4, 0.5) is 0 Å². The van der Waals surface area contributed by atoms with Crippen molar-refractivity contribution in [2.45, 2.75) is 32.8 Å². The van der Waals surface area contributed by atoms with Gasteiger partial charge in [0.25, 0.3) is 0 Å². The molecule has 0 amide bonds. The highest BCUT2D eigenvalue weighted by molar-refractivity contribution is 5.54. The molecule has 1 fully saturated rings. The van der Waals surface area contributed by atoms with Gasteiger partial charge in [-0.15, -0.1) is 0 Å². The Morgan fingerprint density at radius 2 is 2.31 bits per heavy atom. The van der Waals surface area contributed by atoms with E-state index >= 15 is 0 Å². The third-order valence-corrected chi connectivity index (χ3v) is 2.85. The second-order valence-electron chi connectivity index (χ2n) is 4.12. The highest BCUT2D eigenvalue weighted by Crippen LogP contribution is 2.28.